The quantitative estimate of drug-likeness (QED) is 0.771. The van der Waals surface area contributed by atoms with Crippen molar-refractivity contribution in [2.24, 2.45) is 0 Å². The summed E-state index contributed by atoms with van der Waals surface area (Å²) in [6, 6.07) is 5.64. The summed E-state index contributed by atoms with van der Waals surface area (Å²) in [4.78, 5) is 1.88. The van der Waals surface area contributed by atoms with Gasteiger partial charge in [0, 0.05) is 13.1 Å². The summed E-state index contributed by atoms with van der Waals surface area (Å²) in [5, 5.41) is 18.1. The van der Waals surface area contributed by atoms with Crippen molar-refractivity contribution in [3.05, 3.63) is 18.2 Å². The average molecular weight is 239 g/mol. The summed E-state index contributed by atoms with van der Waals surface area (Å²) in [6.07, 6.45) is 0. The van der Waals surface area contributed by atoms with E-state index in [-0.39, 0.29) is 13.2 Å². The van der Waals surface area contributed by atoms with E-state index < -0.39 is 0 Å². The summed E-state index contributed by atoms with van der Waals surface area (Å²) in [6.45, 7) is 2.06. The van der Waals surface area contributed by atoms with Gasteiger partial charge in [-0.15, -0.1) is 0 Å². The minimum atomic E-state index is 0.0323. The van der Waals surface area contributed by atoms with E-state index in [9.17, 15) is 0 Å². The molecule has 0 amide bonds. The molecule has 1 aromatic rings. The fourth-order valence-corrected chi connectivity index (χ4v) is 1.90. The van der Waals surface area contributed by atoms with E-state index in [0.717, 1.165) is 11.4 Å². The Kier molecular flexibility index (Phi) is 4.06. The van der Waals surface area contributed by atoms with Gasteiger partial charge in [0.05, 0.1) is 18.9 Å². The molecule has 0 saturated heterocycles. The lowest BCUT2D eigenvalue weighted by Gasteiger charge is -2.28. The van der Waals surface area contributed by atoms with Crippen LogP contribution in [0.4, 0.5) is 5.69 Å². The van der Waals surface area contributed by atoms with Gasteiger partial charge in [0.15, 0.2) is 11.5 Å². The van der Waals surface area contributed by atoms with E-state index in [1.807, 2.05) is 23.1 Å². The number of para-hydroxylation sites is 1. The SMILES string of the molecule is OCCN(CCO)c1cccc2c1OCCO2. The number of hydrogen-bond acceptors (Lipinski definition) is 5. The lowest BCUT2D eigenvalue weighted by molar-refractivity contribution is 0.171. The first-order valence-corrected chi connectivity index (χ1v) is 5.72. The Labute approximate surface area is 100 Å². The van der Waals surface area contributed by atoms with Crippen molar-refractivity contribution in [3.8, 4) is 11.5 Å². The van der Waals surface area contributed by atoms with Gasteiger partial charge in [-0.2, -0.15) is 0 Å². The van der Waals surface area contributed by atoms with Crippen molar-refractivity contribution in [1.82, 2.24) is 0 Å². The first kappa shape index (κ1) is 12.0. The van der Waals surface area contributed by atoms with E-state index in [2.05, 4.69) is 0 Å². The maximum atomic E-state index is 9.03. The molecule has 0 aromatic heterocycles. The largest absolute Gasteiger partial charge is 0.486 e. The van der Waals surface area contributed by atoms with Crippen molar-refractivity contribution in [2.75, 3.05) is 44.4 Å². The van der Waals surface area contributed by atoms with Gasteiger partial charge in [0.25, 0.3) is 0 Å². The van der Waals surface area contributed by atoms with Crippen LogP contribution in [0.3, 0.4) is 0 Å². The summed E-state index contributed by atoms with van der Waals surface area (Å²) in [5.41, 5.74) is 0.852. The number of benzene rings is 1. The Morgan fingerprint density at radius 3 is 2.47 bits per heavy atom. The number of nitrogens with zero attached hydrogens (tertiary/aromatic N) is 1. The minimum Gasteiger partial charge on any atom is -0.486 e. The number of fused-ring (bicyclic) bond motifs is 1. The van der Waals surface area contributed by atoms with E-state index in [1.54, 1.807) is 0 Å². The van der Waals surface area contributed by atoms with Crippen LogP contribution in [0.1, 0.15) is 0 Å². The Bertz CT molecular complexity index is 364. The number of aliphatic hydroxyl groups excluding tert-OH is 2. The molecule has 5 nitrogen and oxygen atoms in total. The maximum absolute atomic E-state index is 9.03. The summed E-state index contributed by atoms with van der Waals surface area (Å²) in [5.74, 6) is 1.41. The molecule has 5 heteroatoms. The molecule has 0 bridgehead atoms. The molecular formula is C12H17NO4. The molecule has 0 unspecified atom stereocenters. The van der Waals surface area contributed by atoms with E-state index in [4.69, 9.17) is 19.7 Å². The molecule has 0 fully saturated rings. The third kappa shape index (κ3) is 2.62. The molecule has 1 aromatic carbocycles. The second kappa shape index (κ2) is 5.75. The van der Waals surface area contributed by atoms with Crippen molar-refractivity contribution in [1.29, 1.82) is 0 Å². The molecule has 0 radical (unpaired) electrons. The Morgan fingerprint density at radius 1 is 1.06 bits per heavy atom. The normalized spacial score (nSPS) is 13.5. The van der Waals surface area contributed by atoms with Crippen molar-refractivity contribution in [2.45, 2.75) is 0 Å². The zero-order valence-corrected chi connectivity index (χ0v) is 9.63. The second-order valence-electron chi connectivity index (χ2n) is 3.74. The number of rotatable bonds is 5. The van der Waals surface area contributed by atoms with E-state index in [1.165, 1.54) is 0 Å². The molecule has 2 rings (SSSR count). The van der Waals surface area contributed by atoms with Crippen LogP contribution >= 0.6 is 0 Å². The third-order valence-electron chi connectivity index (χ3n) is 2.63. The van der Waals surface area contributed by atoms with Gasteiger partial charge >= 0.3 is 0 Å². The predicted octanol–water partition coefficient (Wildman–Crippen LogP) is 0.249. The highest BCUT2D eigenvalue weighted by Crippen LogP contribution is 2.39. The van der Waals surface area contributed by atoms with E-state index >= 15 is 0 Å². The summed E-state index contributed by atoms with van der Waals surface area (Å²) < 4.78 is 11.1. The molecule has 0 aliphatic carbocycles. The lowest BCUT2D eigenvalue weighted by Crippen LogP contribution is -2.30. The van der Waals surface area contributed by atoms with Gasteiger partial charge in [0.2, 0.25) is 0 Å². The van der Waals surface area contributed by atoms with Gasteiger partial charge in [-0.1, -0.05) is 6.07 Å². The molecule has 1 aliphatic rings. The molecular weight excluding hydrogens is 222 g/mol. The maximum Gasteiger partial charge on any atom is 0.184 e. The van der Waals surface area contributed by atoms with Crippen LogP contribution in [0.5, 0.6) is 11.5 Å². The molecule has 94 valence electrons. The summed E-state index contributed by atoms with van der Waals surface area (Å²) in [7, 11) is 0. The molecule has 2 N–H and O–H groups in total. The highest BCUT2D eigenvalue weighted by Gasteiger charge is 2.19. The molecule has 0 spiro atoms. The first-order valence-electron chi connectivity index (χ1n) is 5.72. The number of hydrogen-bond donors (Lipinski definition) is 2. The van der Waals surface area contributed by atoms with Gasteiger partial charge in [-0.3, -0.25) is 0 Å². The zero-order valence-electron chi connectivity index (χ0n) is 9.63. The van der Waals surface area contributed by atoms with Crippen LogP contribution in [0.15, 0.2) is 18.2 Å². The molecule has 17 heavy (non-hydrogen) atoms. The highest BCUT2D eigenvalue weighted by molar-refractivity contribution is 5.65. The van der Waals surface area contributed by atoms with Crippen LogP contribution in [0.25, 0.3) is 0 Å². The van der Waals surface area contributed by atoms with E-state index in [0.29, 0.717) is 32.1 Å². The third-order valence-corrected chi connectivity index (χ3v) is 2.63. The fraction of sp³-hybridized carbons (Fsp3) is 0.500. The topological polar surface area (TPSA) is 62.2 Å². The number of anilines is 1. The lowest BCUT2D eigenvalue weighted by atomic mass is 10.2. The Hall–Kier alpha value is -1.46. The van der Waals surface area contributed by atoms with Gasteiger partial charge < -0.3 is 24.6 Å². The molecule has 1 aliphatic heterocycles. The fourth-order valence-electron chi connectivity index (χ4n) is 1.90. The second-order valence-corrected chi connectivity index (χ2v) is 3.74. The van der Waals surface area contributed by atoms with Gasteiger partial charge in [-0.25, -0.2) is 0 Å². The van der Waals surface area contributed by atoms with Crippen LogP contribution in [-0.2, 0) is 0 Å². The van der Waals surface area contributed by atoms with Gasteiger partial charge in [0.1, 0.15) is 13.2 Å². The average Bonchev–Trinajstić information content (AvgIpc) is 2.38. The Morgan fingerprint density at radius 2 is 1.76 bits per heavy atom. The predicted molar refractivity (Wildman–Crippen MR) is 63.8 cm³/mol. The van der Waals surface area contributed by atoms with Crippen molar-refractivity contribution >= 4 is 5.69 Å². The summed E-state index contributed by atoms with van der Waals surface area (Å²) >= 11 is 0. The van der Waals surface area contributed by atoms with Crippen LogP contribution in [0.2, 0.25) is 0 Å². The zero-order chi connectivity index (χ0) is 12.1. The van der Waals surface area contributed by atoms with Crippen LogP contribution < -0.4 is 14.4 Å². The molecule has 0 saturated carbocycles. The highest BCUT2D eigenvalue weighted by atomic mass is 16.6. The first-order chi connectivity index (χ1) is 8.36. The van der Waals surface area contributed by atoms with Crippen molar-refractivity contribution in [3.63, 3.8) is 0 Å². The number of ether oxygens (including phenoxy) is 2. The van der Waals surface area contributed by atoms with Crippen LogP contribution in [0, 0.1) is 0 Å². The van der Waals surface area contributed by atoms with Crippen LogP contribution in [-0.4, -0.2) is 49.7 Å². The minimum absolute atomic E-state index is 0.0323. The molecule has 0 atom stereocenters. The van der Waals surface area contributed by atoms with Crippen molar-refractivity contribution < 1.29 is 19.7 Å². The standard InChI is InChI=1S/C12H17NO4/c14-6-4-13(5-7-15)10-2-1-3-11-12(10)17-9-8-16-11/h1-3,14-15H,4-9H2. The number of aliphatic hydroxyl groups is 2. The molecule has 1 heterocycles. The van der Waals surface area contributed by atoms with Gasteiger partial charge in [-0.05, 0) is 12.1 Å². The smallest absolute Gasteiger partial charge is 0.184 e. The monoisotopic (exact) mass is 239 g/mol. The Balaban J connectivity index is 2.28.